The van der Waals surface area contributed by atoms with Crippen LogP contribution in [-0.4, -0.2) is 22.7 Å². The van der Waals surface area contributed by atoms with E-state index in [1.807, 2.05) is 18.4 Å². The number of amides is 1. The van der Waals surface area contributed by atoms with E-state index in [2.05, 4.69) is 10.3 Å². The number of nitrogens with zero attached hydrogens (tertiary/aromatic N) is 1. The minimum absolute atomic E-state index is 0.0519. The van der Waals surface area contributed by atoms with E-state index in [0.29, 0.717) is 12.1 Å². The number of nitrogens with one attached hydrogen (secondary N) is 1. The lowest BCUT2D eigenvalue weighted by Crippen LogP contribution is -2.34. The molecule has 0 unspecified atom stereocenters. The summed E-state index contributed by atoms with van der Waals surface area (Å²) in [6, 6.07) is 3.44. The quantitative estimate of drug-likeness (QED) is 0.856. The van der Waals surface area contributed by atoms with Gasteiger partial charge in [0.05, 0.1) is 10.4 Å². The Morgan fingerprint density at radius 2 is 2.33 bits per heavy atom. The van der Waals surface area contributed by atoms with Crippen LogP contribution < -0.4 is 5.32 Å². The SMILES string of the molecule is C[C@H](CC(=O)c1cccs1)NC(=O)c1cscn1. The van der Waals surface area contributed by atoms with Crippen LogP contribution in [0.4, 0.5) is 0 Å². The van der Waals surface area contributed by atoms with Gasteiger partial charge >= 0.3 is 0 Å². The average Bonchev–Trinajstić information content (AvgIpc) is 3.02. The van der Waals surface area contributed by atoms with Crippen molar-refractivity contribution in [2.24, 2.45) is 0 Å². The minimum atomic E-state index is -0.234. The second kappa shape index (κ2) is 5.88. The van der Waals surface area contributed by atoms with E-state index in [4.69, 9.17) is 0 Å². The van der Waals surface area contributed by atoms with E-state index in [0.717, 1.165) is 4.88 Å². The summed E-state index contributed by atoms with van der Waals surface area (Å²) in [6.45, 7) is 1.82. The van der Waals surface area contributed by atoms with E-state index in [9.17, 15) is 9.59 Å². The Kier molecular flexibility index (Phi) is 4.22. The van der Waals surface area contributed by atoms with Crippen molar-refractivity contribution in [3.05, 3.63) is 39.0 Å². The maximum absolute atomic E-state index is 11.8. The zero-order valence-electron chi connectivity index (χ0n) is 9.75. The number of Topliss-reactive ketones (excluding diaryl/α,β-unsaturated/α-hetero) is 1. The summed E-state index contributed by atoms with van der Waals surface area (Å²) in [4.78, 5) is 28.2. The molecule has 0 aliphatic carbocycles. The topological polar surface area (TPSA) is 59.1 Å². The van der Waals surface area contributed by atoms with Gasteiger partial charge in [-0.25, -0.2) is 4.98 Å². The molecule has 2 aromatic rings. The summed E-state index contributed by atoms with van der Waals surface area (Å²) in [5, 5.41) is 6.31. The van der Waals surface area contributed by atoms with E-state index < -0.39 is 0 Å². The molecule has 6 heteroatoms. The van der Waals surface area contributed by atoms with Crippen LogP contribution >= 0.6 is 22.7 Å². The molecule has 0 saturated carbocycles. The average molecular weight is 280 g/mol. The van der Waals surface area contributed by atoms with Gasteiger partial charge in [0.1, 0.15) is 5.69 Å². The highest BCUT2D eigenvalue weighted by atomic mass is 32.1. The van der Waals surface area contributed by atoms with Crippen molar-refractivity contribution in [1.82, 2.24) is 10.3 Å². The van der Waals surface area contributed by atoms with Crippen molar-refractivity contribution in [2.45, 2.75) is 19.4 Å². The Bertz CT molecular complexity index is 472. The van der Waals surface area contributed by atoms with E-state index in [-0.39, 0.29) is 17.7 Å². The fourth-order valence-corrected chi connectivity index (χ4v) is 2.70. The lowest BCUT2D eigenvalue weighted by Gasteiger charge is -2.11. The number of carbonyl (C=O) groups is 2. The number of carbonyl (C=O) groups excluding carboxylic acids is 2. The number of thiazole rings is 1. The number of rotatable bonds is 5. The molecule has 2 aromatic heterocycles. The molecule has 0 aliphatic heterocycles. The summed E-state index contributed by atoms with van der Waals surface area (Å²) in [5.74, 6) is -0.182. The van der Waals surface area contributed by atoms with Gasteiger partial charge in [0, 0.05) is 17.8 Å². The van der Waals surface area contributed by atoms with E-state index in [1.165, 1.54) is 22.7 Å². The zero-order valence-corrected chi connectivity index (χ0v) is 11.4. The monoisotopic (exact) mass is 280 g/mol. The predicted octanol–water partition coefficient (Wildman–Crippen LogP) is 2.60. The van der Waals surface area contributed by atoms with Crippen molar-refractivity contribution < 1.29 is 9.59 Å². The predicted molar refractivity (Wildman–Crippen MR) is 72.3 cm³/mol. The minimum Gasteiger partial charge on any atom is -0.348 e. The highest BCUT2D eigenvalue weighted by Crippen LogP contribution is 2.12. The van der Waals surface area contributed by atoms with Crippen molar-refractivity contribution in [3.8, 4) is 0 Å². The van der Waals surface area contributed by atoms with Crippen LogP contribution in [0.2, 0.25) is 0 Å². The van der Waals surface area contributed by atoms with Crippen LogP contribution in [0.25, 0.3) is 0 Å². The van der Waals surface area contributed by atoms with Crippen LogP contribution in [0.5, 0.6) is 0 Å². The Balaban J connectivity index is 1.87. The molecule has 0 spiro atoms. The Morgan fingerprint density at radius 3 is 2.94 bits per heavy atom. The van der Waals surface area contributed by atoms with Gasteiger partial charge in [-0.1, -0.05) is 6.07 Å². The lowest BCUT2D eigenvalue weighted by molar-refractivity contribution is 0.0916. The molecular formula is C12H12N2O2S2. The molecule has 1 N–H and O–H groups in total. The van der Waals surface area contributed by atoms with Crippen LogP contribution in [0.1, 0.15) is 33.5 Å². The Labute approximate surface area is 113 Å². The molecule has 0 radical (unpaired) electrons. The molecular weight excluding hydrogens is 268 g/mol. The van der Waals surface area contributed by atoms with Gasteiger partial charge < -0.3 is 5.32 Å². The summed E-state index contributed by atoms with van der Waals surface area (Å²) >= 11 is 2.79. The maximum Gasteiger partial charge on any atom is 0.270 e. The first-order valence-electron chi connectivity index (χ1n) is 5.42. The third kappa shape index (κ3) is 3.24. The second-order valence-electron chi connectivity index (χ2n) is 3.85. The largest absolute Gasteiger partial charge is 0.348 e. The molecule has 2 rings (SSSR count). The smallest absolute Gasteiger partial charge is 0.270 e. The number of thiophene rings is 1. The molecule has 0 saturated heterocycles. The van der Waals surface area contributed by atoms with Gasteiger partial charge in [-0.15, -0.1) is 22.7 Å². The molecule has 94 valence electrons. The second-order valence-corrected chi connectivity index (χ2v) is 5.52. The summed E-state index contributed by atoms with van der Waals surface area (Å²) < 4.78 is 0. The third-order valence-corrected chi connectivity index (χ3v) is 3.83. The number of hydrogen-bond donors (Lipinski definition) is 1. The van der Waals surface area contributed by atoms with E-state index in [1.54, 1.807) is 17.0 Å². The van der Waals surface area contributed by atoms with Crippen molar-refractivity contribution in [1.29, 1.82) is 0 Å². The zero-order chi connectivity index (χ0) is 13.0. The van der Waals surface area contributed by atoms with Gasteiger partial charge in [0.25, 0.3) is 5.91 Å². The van der Waals surface area contributed by atoms with Crippen molar-refractivity contribution >= 4 is 34.4 Å². The van der Waals surface area contributed by atoms with Crippen LogP contribution in [-0.2, 0) is 0 Å². The highest BCUT2D eigenvalue weighted by Gasteiger charge is 2.15. The van der Waals surface area contributed by atoms with Crippen molar-refractivity contribution in [3.63, 3.8) is 0 Å². The molecule has 0 aliphatic rings. The molecule has 1 amide bonds. The summed E-state index contributed by atoms with van der Waals surface area (Å²) in [6.07, 6.45) is 0.302. The highest BCUT2D eigenvalue weighted by molar-refractivity contribution is 7.12. The van der Waals surface area contributed by atoms with Gasteiger partial charge in [-0.2, -0.15) is 0 Å². The Hall–Kier alpha value is -1.53. The molecule has 0 aromatic carbocycles. The first-order chi connectivity index (χ1) is 8.66. The Morgan fingerprint density at radius 1 is 1.50 bits per heavy atom. The number of ketones is 1. The maximum atomic E-state index is 11.8. The van der Waals surface area contributed by atoms with Gasteiger partial charge in [-0.05, 0) is 18.4 Å². The number of hydrogen-bond acceptors (Lipinski definition) is 5. The van der Waals surface area contributed by atoms with E-state index >= 15 is 0 Å². The normalized spacial score (nSPS) is 12.1. The fraction of sp³-hybridized carbons (Fsp3) is 0.250. The van der Waals surface area contributed by atoms with Crippen LogP contribution in [0.15, 0.2) is 28.4 Å². The molecule has 4 nitrogen and oxygen atoms in total. The summed E-state index contributed by atoms with van der Waals surface area (Å²) in [5.41, 5.74) is 2.01. The fourth-order valence-electron chi connectivity index (χ4n) is 1.49. The molecule has 18 heavy (non-hydrogen) atoms. The molecule has 2 heterocycles. The van der Waals surface area contributed by atoms with Crippen molar-refractivity contribution in [2.75, 3.05) is 0 Å². The third-order valence-electron chi connectivity index (χ3n) is 2.33. The van der Waals surface area contributed by atoms with Crippen LogP contribution in [0, 0.1) is 0 Å². The first-order valence-corrected chi connectivity index (χ1v) is 7.25. The summed E-state index contributed by atoms with van der Waals surface area (Å²) in [7, 11) is 0. The lowest BCUT2D eigenvalue weighted by atomic mass is 10.1. The standard InChI is InChI=1S/C12H12N2O2S2/c1-8(5-10(15)11-3-2-4-18-11)14-12(16)9-6-17-7-13-9/h2-4,6-8H,5H2,1H3,(H,14,16)/t8-/m1/s1. The molecule has 0 fully saturated rings. The van der Waals surface area contributed by atoms with Gasteiger partial charge in [0.2, 0.25) is 0 Å². The van der Waals surface area contributed by atoms with Gasteiger partial charge in [0.15, 0.2) is 5.78 Å². The molecule has 1 atom stereocenters. The number of aromatic nitrogens is 1. The van der Waals surface area contributed by atoms with Gasteiger partial charge in [-0.3, -0.25) is 9.59 Å². The van der Waals surface area contributed by atoms with Crippen LogP contribution in [0.3, 0.4) is 0 Å². The first kappa shape index (κ1) is 12.9. The molecule has 0 bridgehead atoms.